The second kappa shape index (κ2) is 10.3. The van der Waals surface area contributed by atoms with Crippen LogP contribution in [0.1, 0.15) is 55.6 Å². The quantitative estimate of drug-likeness (QED) is 0.447. The third-order valence-corrected chi connectivity index (χ3v) is 5.33. The third kappa shape index (κ3) is 6.69. The molecule has 0 fully saturated rings. The summed E-state index contributed by atoms with van der Waals surface area (Å²) in [5.74, 6) is 0.226. The van der Waals surface area contributed by atoms with Crippen LogP contribution in [-0.4, -0.2) is 17.9 Å². The van der Waals surface area contributed by atoms with Gasteiger partial charge < -0.3 is 15.4 Å². The van der Waals surface area contributed by atoms with Crippen LogP contribution >= 0.6 is 0 Å². The van der Waals surface area contributed by atoms with Crippen molar-refractivity contribution in [2.45, 2.75) is 52.6 Å². The summed E-state index contributed by atoms with van der Waals surface area (Å²) in [6.45, 7) is 10.3. The van der Waals surface area contributed by atoms with Crippen molar-refractivity contribution >= 4 is 23.2 Å². The van der Waals surface area contributed by atoms with Crippen molar-refractivity contribution in [1.29, 1.82) is 0 Å². The Labute approximate surface area is 196 Å². The van der Waals surface area contributed by atoms with Crippen molar-refractivity contribution in [3.05, 3.63) is 89.5 Å². The van der Waals surface area contributed by atoms with Gasteiger partial charge in [-0.3, -0.25) is 9.59 Å². The van der Waals surface area contributed by atoms with Crippen LogP contribution in [0.2, 0.25) is 0 Å². The third-order valence-electron chi connectivity index (χ3n) is 5.33. The topological polar surface area (TPSA) is 67.4 Å². The fraction of sp³-hybridized carbons (Fsp3) is 0.286. The predicted molar refractivity (Wildman–Crippen MR) is 134 cm³/mol. The zero-order chi connectivity index (χ0) is 24.0. The molecule has 5 heteroatoms. The number of amides is 2. The van der Waals surface area contributed by atoms with E-state index in [1.165, 1.54) is 5.56 Å². The van der Waals surface area contributed by atoms with Crippen LogP contribution < -0.4 is 15.4 Å². The lowest BCUT2D eigenvalue weighted by Crippen LogP contribution is -2.32. The molecule has 0 aliphatic carbocycles. The lowest BCUT2D eigenvalue weighted by Gasteiger charge is -2.19. The van der Waals surface area contributed by atoms with E-state index in [2.05, 4.69) is 31.4 Å². The van der Waals surface area contributed by atoms with E-state index in [0.717, 1.165) is 5.56 Å². The molecule has 0 spiro atoms. The maximum Gasteiger partial charge on any atom is 0.265 e. The Hall–Kier alpha value is -3.60. The molecule has 5 nitrogen and oxygen atoms in total. The summed E-state index contributed by atoms with van der Waals surface area (Å²) >= 11 is 0. The molecule has 3 rings (SSSR count). The first-order valence-electron chi connectivity index (χ1n) is 11.2. The molecule has 0 aliphatic heterocycles. The Morgan fingerprint density at radius 1 is 0.879 bits per heavy atom. The number of ether oxygens (including phenoxy) is 1. The average molecular weight is 445 g/mol. The number of aryl methyl sites for hydroxylation is 1. The summed E-state index contributed by atoms with van der Waals surface area (Å²) in [5, 5.41) is 5.79. The van der Waals surface area contributed by atoms with Crippen molar-refractivity contribution in [2.75, 3.05) is 10.6 Å². The van der Waals surface area contributed by atoms with Gasteiger partial charge in [0.2, 0.25) is 0 Å². The SMILES string of the molecule is CC[C@@H](Oc1cccc(C)c1)C(=O)Nc1cccc(NC(=O)c2ccc(C(C)(C)C)cc2)c1. The van der Waals surface area contributed by atoms with Gasteiger partial charge in [-0.15, -0.1) is 0 Å². The first kappa shape index (κ1) is 24.1. The fourth-order valence-corrected chi connectivity index (χ4v) is 3.40. The van der Waals surface area contributed by atoms with Gasteiger partial charge in [0.05, 0.1) is 0 Å². The summed E-state index contributed by atoms with van der Waals surface area (Å²) in [7, 11) is 0. The van der Waals surface area contributed by atoms with Gasteiger partial charge in [0.15, 0.2) is 6.10 Å². The standard InChI is InChI=1S/C28H32N2O3/c1-6-25(33-24-12-7-9-19(2)17-24)27(32)30-23-11-8-10-22(18-23)29-26(31)20-13-15-21(16-14-20)28(3,4)5/h7-18,25H,6H2,1-5H3,(H,29,31)(H,30,32)/t25-/m1/s1. The van der Waals surface area contributed by atoms with E-state index < -0.39 is 6.10 Å². The van der Waals surface area contributed by atoms with Crippen LogP contribution in [0.25, 0.3) is 0 Å². The molecule has 1 atom stereocenters. The molecule has 2 N–H and O–H groups in total. The molecule has 2 amide bonds. The van der Waals surface area contributed by atoms with E-state index in [9.17, 15) is 9.59 Å². The normalized spacial score (nSPS) is 12.0. The number of carbonyl (C=O) groups is 2. The minimum Gasteiger partial charge on any atom is -0.481 e. The molecule has 0 aromatic heterocycles. The van der Waals surface area contributed by atoms with Gasteiger partial charge in [0.25, 0.3) is 11.8 Å². The van der Waals surface area contributed by atoms with Crippen molar-refractivity contribution in [2.24, 2.45) is 0 Å². The summed E-state index contributed by atoms with van der Waals surface area (Å²) < 4.78 is 5.88. The Morgan fingerprint density at radius 2 is 1.52 bits per heavy atom. The van der Waals surface area contributed by atoms with Gasteiger partial charge in [-0.05, 0) is 72.4 Å². The maximum absolute atomic E-state index is 12.8. The van der Waals surface area contributed by atoms with Crippen molar-refractivity contribution in [1.82, 2.24) is 0 Å². The second-order valence-electron chi connectivity index (χ2n) is 9.18. The van der Waals surface area contributed by atoms with Crippen molar-refractivity contribution in [3.63, 3.8) is 0 Å². The number of anilines is 2. The Morgan fingerprint density at radius 3 is 2.12 bits per heavy atom. The van der Waals surface area contributed by atoms with Crippen molar-refractivity contribution < 1.29 is 14.3 Å². The molecule has 0 saturated heterocycles. The molecule has 3 aromatic carbocycles. The molecule has 33 heavy (non-hydrogen) atoms. The summed E-state index contributed by atoms with van der Waals surface area (Å²) in [5.41, 5.74) is 4.04. The molecule has 0 aliphatic rings. The van der Waals surface area contributed by atoms with E-state index >= 15 is 0 Å². The van der Waals surface area contributed by atoms with E-state index in [1.54, 1.807) is 24.3 Å². The van der Waals surface area contributed by atoms with Crippen LogP contribution in [-0.2, 0) is 10.2 Å². The van der Waals surface area contributed by atoms with Gasteiger partial charge in [-0.2, -0.15) is 0 Å². The van der Waals surface area contributed by atoms with Gasteiger partial charge in [-0.1, -0.05) is 58.0 Å². The predicted octanol–water partition coefficient (Wildman–Crippen LogP) is 6.34. The van der Waals surface area contributed by atoms with E-state index in [-0.39, 0.29) is 17.2 Å². The number of carbonyl (C=O) groups excluding carboxylic acids is 2. The molecule has 0 heterocycles. The number of hydrogen-bond donors (Lipinski definition) is 2. The first-order valence-corrected chi connectivity index (χ1v) is 11.2. The number of rotatable bonds is 7. The van der Waals surface area contributed by atoms with E-state index in [1.807, 2.05) is 62.4 Å². The zero-order valence-electron chi connectivity index (χ0n) is 19.9. The minimum absolute atomic E-state index is 0.0287. The smallest absolute Gasteiger partial charge is 0.265 e. The van der Waals surface area contributed by atoms with Gasteiger partial charge in [0, 0.05) is 16.9 Å². The van der Waals surface area contributed by atoms with Crippen LogP contribution in [0.15, 0.2) is 72.8 Å². The lowest BCUT2D eigenvalue weighted by molar-refractivity contribution is -0.122. The van der Waals surface area contributed by atoms with Crippen LogP contribution in [0.5, 0.6) is 5.75 Å². The number of hydrogen-bond acceptors (Lipinski definition) is 3. The highest BCUT2D eigenvalue weighted by Gasteiger charge is 2.19. The Balaban J connectivity index is 1.65. The Kier molecular flexibility index (Phi) is 7.54. The molecule has 0 saturated carbocycles. The van der Waals surface area contributed by atoms with Crippen LogP contribution in [0, 0.1) is 6.92 Å². The number of nitrogens with one attached hydrogen (secondary N) is 2. The van der Waals surface area contributed by atoms with Gasteiger partial charge in [0.1, 0.15) is 5.75 Å². The highest BCUT2D eigenvalue weighted by molar-refractivity contribution is 6.04. The summed E-state index contributed by atoms with van der Waals surface area (Å²) in [6, 6.07) is 22.3. The highest BCUT2D eigenvalue weighted by Crippen LogP contribution is 2.23. The maximum atomic E-state index is 12.8. The molecule has 0 bridgehead atoms. The second-order valence-corrected chi connectivity index (χ2v) is 9.18. The Bertz CT molecular complexity index is 1110. The lowest BCUT2D eigenvalue weighted by atomic mass is 9.87. The fourth-order valence-electron chi connectivity index (χ4n) is 3.40. The molecule has 172 valence electrons. The molecular weight excluding hydrogens is 412 g/mol. The number of benzene rings is 3. The zero-order valence-corrected chi connectivity index (χ0v) is 19.9. The monoisotopic (exact) mass is 444 g/mol. The van der Waals surface area contributed by atoms with E-state index in [4.69, 9.17) is 4.74 Å². The van der Waals surface area contributed by atoms with Gasteiger partial charge in [-0.25, -0.2) is 0 Å². The highest BCUT2D eigenvalue weighted by atomic mass is 16.5. The van der Waals surface area contributed by atoms with Gasteiger partial charge >= 0.3 is 0 Å². The van der Waals surface area contributed by atoms with Crippen LogP contribution in [0.4, 0.5) is 11.4 Å². The molecule has 3 aromatic rings. The first-order chi connectivity index (χ1) is 15.7. The summed E-state index contributed by atoms with van der Waals surface area (Å²) in [4.78, 5) is 25.5. The van der Waals surface area contributed by atoms with E-state index in [0.29, 0.717) is 29.1 Å². The molecular formula is C28H32N2O3. The summed E-state index contributed by atoms with van der Waals surface area (Å²) in [6.07, 6.45) is -0.0906. The largest absolute Gasteiger partial charge is 0.481 e. The molecule has 0 radical (unpaired) electrons. The molecule has 0 unspecified atom stereocenters. The van der Waals surface area contributed by atoms with Crippen molar-refractivity contribution in [3.8, 4) is 5.75 Å². The average Bonchev–Trinajstić information content (AvgIpc) is 2.77. The van der Waals surface area contributed by atoms with Crippen LogP contribution in [0.3, 0.4) is 0 Å². The minimum atomic E-state index is -0.619.